The van der Waals surface area contributed by atoms with E-state index in [2.05, 4.69) is 18.2 Å². The second kappa shape index (κ2) is 4.45. The maximum Gasteiger partial charge on any atom is 0.352 e. The van der Waals surface area contributed by atoms with E-state index in [0.29, 0.717) is 12.2 Å². The SMILES string of the molecule is Cc1cc(C)cc(Cn2cccc2C(=O)O)c1. The lowest BCUT2D eigenvalue weighted by Gasteiger charge is -2.08. The number of hydrogen-bond donors (Lipinski definition) is 1. The van der Waals surface area contributed by atoms with Gasteiger partial charge in [0.25, 0.3) is 0 Å². The Morgan fingerprint density at radius 3 is 2.47 bits per heavy atom. The van der Waals surface area contributed by atoms with Crippen LogP contribution >= 0.6 is 0 Å². The molecule has 2 aromatic rings. The fourth-order valence-electron chi connectivity index (χ4n) is 2.10. The minimum atomic E-state index is -0.889. The van der Waals surface area contributed by atoms with Crippen LogP contribution in [-0.2, 0) is 6.54 Å². The van der Waals surface area contributed by atoms with Gasteiger partial charge in [-0.15, -0.1) is 0 Å². The minimum Gasteiger partial charge on any atom is -0.477 e. The van der Waals surface area contributed by atoms with Gasteiger partial charge < -0.3 is 9.67 Å². The summed E-state index contributed by atoms with van der Waals surface area (Å²) >= 11 is 0. The highest BCUT2D eigenvalue weighted by molar-refractivity contribution is 5.85. The third-order valence-electron chi connectivity index (χ3n) is 2.68. The number of benzene rings is 1. The topological polar surface area (TPSA) is 42.2 Å². The Balaban J connectivity index is 2.31. The zero-order valence-electron chi connectivity index (χ0n) is 9.97. The van der Waals surface area contributed by atoms with Gasteiger partial charge in [-0.3, -0.25) is 0 Å². The summed E-state index contributed by atoms with van der Waals surface area (Å²) in [5.74, 6) is -0.889. The van der Waals surface area contributed by atoms with E-state index in [0.717, 1.165) is 5.56 Å². The van der Waals surface area contributed by atoms with Gasteiger partial charge in [-0.1, -0.05) is 29.3 Å². The molecule has 0 spiro atoms. The van der Waals surface area contributed by atoms with Crippen molar-refractivity contribution in [1.82, 2.24) is 4.57 Å². The largest absolute Gasteiger partial charge is 0.477 e. The highest BCUT2D eigenvalue weighted by atomic mass is 16.4. The molecule has 2 rings (SSSR count). The molecule has 1 heterocycles. The molecule has 3 heteroatoms. The fraction of sp³-hybridized carbons (Fsp3) is 0.214. The lowest BCUT2D eigenvalue weighted by molar-refractivity contribution is 0.0685. The molecule has 1 aromatic carbocycles. The van der Waals surface area contributed by atoms with Gasteiger partial charge in [0.2, 0.25) is 0 Å². The Labute approximate surface area is 100 Å². The van der Waals surface area contributed by atoms with Crippen molar-refractivity contribution in [3.8, 4) is 0 Å². The predicted molar refractivity (Wildman–Crippen MR) is 66.4 cm³/mol. The number of aryl methyl sites for hydroxylation is 2. The number of aromatic nitrogens is 1. The molecule has 17 heavy (non-hydrogen) atoms. The smallest absolute Gasteiger partial charge is 0.352 e. The number of rotatable bonds is 3. The number of carboxylic acids is 1. The molecule has 0 atom stereocenters. The van der Waals surface area contributed by atoms with Crippen molar-refractivity contribution in [3.05, 3.63) is 58.9 Å². The van der Waals surface area contributed by atoms with Gasteiger partial charge in [-0.25, -0.2) is 4.79 Å². The quantitative estimate of drug-likeness (QED) is 0.879. The van der Waals surface area contributed by atoms with Crippen LogP contribution in [-0.4, -0.2) is 15.6 Å². The Kier molecular flexibility index (Phi) is 3.00. The van der Waals surface area contributed by atoms with Crippen molar-refractivity contribution in [2.45, 2.75) is 20.4 Å². The van der Waals surface area contributed by atoms with Crippen LogP contribution < -0.4 is 0 Å². The summed E-state index contributed by atoms with van der Waals surface area (Å²) in [6.45, 7) is 4.69. The molecule has 1 aromatic heterocycles. The molecule has 0 amide bonds. The van der Waals surface area contributed by atoms with E-state index in [1.54, 1.807) is 22.9 Å². The molecule has 0 aliphatic heterocycles. The molecule has 3 nitrogen and oxygen atoms in total. The average molecular weight is 229 g/mol. The number of carboxylic acid groups (broad SMARTS) is 1. The van der Waals surface area contributed by atoms with Crippen LogP contribution in [0.15, 0.2) is 36.5 Å². The molecule has 0 unspecified atom stereocenters. The van der Waals surface area contributed by atoms with Crippen LogP contribution in [0.5, 0.6) is 0 Å². The normalized spacial score (nSPS) is 10.5. The molecule has 0 radical (unpaired) electrons. The molecule has 0 aliphatic carbocycles. The van der Waals surface area contributed by atoms with E-state index >= 15 is 0 Å². The van der Waals surface area contributed by atoms with Crippen molar-refractivity contribution in [3.63, 3.8) is 0 Å². The van der Waals surface area contributed by atoms with Gasteiger partial charge in [0.15, 0.2) is 0 Å². The van der Waals surface area contributed by atoms with Crippen molar-refractivity contribution in [2.24, 2.45) is 0 Å². The van der Waals surface area contributed by atoms with Crippen LogP contribution in [0.2, 0.25) is 0 Å². The highest BCUT2D eigenvalue weighted by Crippen LogP contribution is 2.12. The first kappa shape index (κ1) is 11.5. The van der Waals surface area contributed by atoms with Crippen LogP contribution in [0.25, 0.3) is 0 Å². The van der Waals surface area contributed by atoms with Crippen molar-refractivity contribution >= 4 is 5.97 Å². The number of carbonyl (C=O) groups is 1. The average Bonchev–Trinajstić information content (AvgIpc) is 2.63. The van der Waals surface area contributed by atoms with Crippen LogP contribution in [0, 0.1) is 13.8 Å². The molecule has 0 saturated carbocycles. The first-order valence-electron chi connectivity index (χ1n) is 5.52. The zero-order chi connectivity index (χ0) is 12.4. The number of nitrogens with zero attached hydrogens (tertiary/aromatic N) is 1. The van der Waals surface area contributed by atoms with Crippen LogP contribution in [0.4, 0.5) is 0 Å². The van der Waals surface area contributed by atoms with E-state index in [9.17, 15) is 4.79 Å². The Morgan fingerprint density at radius 1 is 1.24 bits per heavy atom. The standard InChI is InChI=1S/C14H15NO2/c1-10-6-11(2)8-12(7-10)9-15-5-3-4-13(15)14(16)17/h3-8H,9H2,1-2H3,(H,16,17). The lowest BCUT2D eigenvalue weighted by atomic mass is 10.1. The molecule has 0 aliphatic rings. The molecule has 0 saturated heterocycles. The summed E-state index contributed by atoms with van der Waals surface area (Å²) in [6.07, 6.45) is 1.79. The van der Waals surface area contributed by atoms with Crippen LogP contribution in [0.3, 0.4) is 0 Å². The number of hydrogen-bond acceptors (Lipinski definition) is 1. The Morgan fingerprint density at radius 2 is 1.88 bits per heavy atom. The third kappa shape index (κ3) is 2.56. The van der Waals surface area contributed by atoms with E-state index in [1.807, 2.05) is 13.8 Å². The Bertz CT molecular complexity index is 535. The molecule has 0 fully saturated rings. The Hall–Kier alpha value is -2.03. The maximum absolute atomic E-state index is 11.0. The maximum atomic E-state index is 11.0. The summed E-state index contributed by atoms with van der Waals surface area (Å²) in [7, 11) is 0. The minimum absolute atomic E-state index is 0.323. The third-order valence-corrected chi connectivity index (χ3v) is 2.68. The van der Waals surface area contributed by atoms with Crippen molar-refractivity contribution in [2.75, 3.05) is 0 Å². The second-order valence-corrected chi connectivity index (χ2v) is 4.32. The molecule has 1 N–H and O–H groups in total. The zero-order valence-corrected chi connectivity index (χ0v) is 9.97. The van der Waals surface area contributed by atoms with Gasteiger partial charge in [-0.05, 0) is 31.5 Å². The van der Waals surface area contributed by atoms with Crippen LogP contribution in [0.1, 0.15) is 27.2 Å². The predicted octanol–water partition coefficient (Wildman–Crippen LogP) is 2.85. The van der Waals surface area contributed by atoms with Gasteiger partial charge in [0.05, 0.1) is 0 Å². The van der Waals surface area contributed by atoms with E-state index in [1.165, 1.54) is 11.1 Å². The summed E-state index contributed by atoms with van der Waals surface area (Å²) < 4.78 is 1.75. The molecular formula is C14H15NO2. The summed E-state index contributed by atoms with van der Waals surface area (Å²) in [5.41, 5.74) is 3.85. The van der Waals surface area contributed by atoms with Gasteiger partial charge in [-0.2, -0.15) is 0 Å². The van der Waals surface area contributed by atoms with Gasteiger partial charge in [0, 0.05) is 12.7 Å². The molecule has 88 valence electrons. The summed E-state index contributed by atoms with van der Waals surface area (Å²) in [6, 6.07) is 9.64. The number of aromatic carboxylic acids is 1. The molecular weight excluding hydrogens is 214 g/mol. The lowest BCUT2D eigenvalue weighted by Crippen LogP contribution is -2.08. The van der Waals surface area contributed by atoms with Crippen molar-refractivity contribution < 1.29 is 9.90 Å². The molecule has 0 bridgehead atoms. The van der Waals surface area contributed by atoms with Gasteiger partial charge >= 0.3 is 5.97 Å². The van der Waals surface area contributed by atoms with E-state index in [4.69, 9.17) is 5.11 Å². The van der Waals surface area contributed by atoms with E-state index < -0.39 is 5.97 Å². The monoisotopic (exact) mass is 229 g/mol. The van der Waals surface area contributed by atoms with Crippen molar-refractivity contribution in [1.29, 1.82) is 0 Å². The first-order valence-corrected chi connectivity index (χ1v) is 5.52. The summed E-state index contributed by atoms with van der Waals surface area (Å²) in [5, 5.41) is 9.02. The highest BCUT2D eigenvalue weighted by Gasteiger charge is 2.08. The summed E-state index contributed by atoms with van der Waals surface area (Å²) in [4.78, 5) is 11.0. The van der Waals surface area contributed by atoms with E-state index in [-0.39, 0.29) is 0 Å². The first-order chi connectivity index (χ1) is 8.06. The van der Waals surface area contributed by atoms with Gasteiger partial charge in [0.1, 0.15) is 5.69 Å². The second-order valence-electron chi connectivity index (χ2n) is 4.32. The fourth-order valence-corrected chi connectivity index (χ4v) is 2.10.